The molecule has 2 heterocycles. The van der Waals surface area contributed by atoms with Crippen molar-refractivity contribution in [3.63, 3.8) is 0 Å². The first kappa shape index (κ1) is 17.0. The van der Waals surface area contributed by atoms with Gasteiger partial charge >= 0.3 is 5.97 Å². The fourth-order valence-electron chi connectivity index (χ4n) is 3.23. The normalized spacial score (nSPS) is 15.2. The van der Waals surface area contributed by atoms with Crippen LogP contribution in [-0.2, 0) is 0 Å². The van der Waals surface area contributed by atoms with Crippen LogP contribution in [0.1, 0.15) is 45.3 Å². The molecule has 1 N–H and O–H groups in total. The molecule has 0 atom stereocenters. The number of piperidine rings is 1. The van der Waals surface area contributed by atoms with Gasteiger partial charge in [0.2, 0.25) is 0 Å². The molecule has 0 aliphatic carbocycles. The van der Waals surface area contributed by atoms with Crippen LogP contribution < -0.4 is 4.74 Å². The lowest BCUT2D eigenvalue weighted by Crippen LogP contribution is -2.39. The molecule has 25 heavy (non-hydrogen) atoms. The molecular formula is C18H21N3O4. The van der Waals surface area contributed by atoms with E-state index in [-0.39, 0.29) is 17.5 Å². The van der Waals surface area contributed by atoms with Crippen molar-refractivity contribution in [3.05, 3.63) is 47.3 Å². The molecule has 132 valence electrons. The van der Waals surface area contributed by atoms with E-state index in [1.54, 1.807) is 43.0 Å². The molecule has 0 radical (unpaired) electrons. The minimum atomic E-state index is -0.962. The molecule has 1 aromatic carbocycles. The zero-order chi connectivity index (χ0) is 18.0. The van der Waals surface area contributed by atoms with Gasteiger partial charge in [0, 0.05) is 18.7 Å². The molecule has 0 saturated carbocycles. The first-order valence-electron chi connectivity index (χ1n) is 8.22. The van der Waals surface area contributed by atoms with Crippen LogP contribution in [0.3, 0.4) is 0 Å². The molecule has 1 saturated heterocycles. The number of amides is 1. The van der Waals surface area contributed by atoms with Gasteiger partial charge in [0.05, 0.1) is 25.0 Å². The average molecular weight is 343 g/mol. The monoisotopic (exact) mass is 343 g/mol. The highest BCUT2D eigenvalue weighted by Crippen LogP contribution is 2.25. The highest BCUT2D eigenvalue weighted by Gasteiger charge is 2.27. The number of rotatable bonds is 4. The summed E-state index contributed by atoms with van der Waals surface area (Å²) >= 11 is 0. The van der Waals surface area contributed by atoms with E-state index in [1.807, 2.05) is 4.90 Å². The number of aromatic carboxylic acids is 1. The third-order valence-corrected chi connectivity index (χ3v) is 4.71. The maximum Gasteiger partial charge on any atom is 0.339 e. The van der Waals surface area contributed by atoms with E-state index in [1.165, 1.54) is 6.20 Å². The molecule has 0 unspecified atom stereocenters. The van der Waals surface area contributed by atoms with E-state index in [2.05, 4.69) is 5.10 Å². The summed E-state index contributed by atoms with van der Waals surface area (Å²) < 4.78 is 6.89. The van der Waals surface area contributed by atoms with Gasteiger partial charge in [-0.25, -0.2) is 4.79 Å². The summed E-state index contributed by atoms with van der Waals surface area (Å²) in [6.07, 6.45) is 2.90. The van der Waals surface area contributed by atoms with Crippen molar-refractivity contribution in [2.45, 2.75) is 25.8 Å². The van der Waals surface area contributed by atoms with E-state index in [0.29, 0.717) is 24.3 Å². The van der Waals surface area contributed by atoms with E-state index in [0.717, 1.165) is 18.6 Å². The molecule has 2 aromatic rings. The third kappa shape index (κ3) is 3.35. The molecule has 1 fully saturated rings. The Balaban J connectivity index is 1.65. The average Bonchev–Trinajstić information content (AvgIpc) is 3.03. The zero-order valence-corrected chi connectivity index (χ0v) is 14.3. The van der Waals surface area contributed by atoms with Gasteiger partial charge in [-0.15, -0.1) is 0 Å². The van der Waals surface area contributed by atoms with Gasteiger partial charge in [0.25, 0.3) is 5.91 Å². The number of hydrogen-bond acceptors (Lipinski definition) is 4. The maximum absolute atomic E-state index is 12.6. The van der Waals surface area contributed by atoms with Gasteiger partial charge in [-0.2, -0.15) is 5.10 Å². The SMILES string of the molecule is COc1ccc(C(=O)N2CCC(n3ncc(C(=O)O)c3C)CC2)cc1. The number of ether oxygens (including phenoxy) is 1. The lowest BCUT2D eigenvalue weighted by molar-refractivity contribution is 0.0688. The van der Waals surface area contributed by atoms with Crippen molar-refractivity contribution in [3.8, 4) is 5.75 Å². The molecular weight excluding hydrogens is 322 g/mol. The molecule has 7 nitrogen and oxygen atoms in total. The number of carbonyl (C=O) groups is 2. The van der Waals surface area contributed by atoms with E-state index in [9.17, 15) is 9.59 Å². The second-order valence-electron chi connectivity index (χ2n) is 6.15. The van der Waals surface area contributed by atoms with E-state index >= 15 is 0 Å². The van der Waals surface area contributed by atoms with Crippen molar-refractivity contribution in [2.75, 3.05) is 20.2 Å². The van der Waals surface area contributed by atoms with Crippen LogP contribution in [0.15, 0.2) is 30.5 Å². The van der Waals surface area contributed by atoms with Crippen LogP contribution in [0.2, 0.25) is 0 Å². The van der Waals surface area contributed by atoms with Crippen LogP contribution in [0.5, 0.6) is 5.75 Å². The number of methoxy groups -OCH3 is 1. The summed E-state index contributed by atoms with van der Waals surface area (Å²) in [4.78, 5) is 25.6. The van der Waals surface area contributed by atoms with Crippen LogP contribution in [0, 0.1) is 6.92 Å². The van der Waals surface area contributed by atoms with Gasteiger partial charge < -0.3 is 14.7 Å². The van der Waals surface area contributed by atoms with Crippen LogP contribution in [-0.4, -0.2) is 51.9 Å². The molecule has 0 spiro atoms. The minimum Gasteiger partial charge on any atom is -0.497 e. The number of nitrogens with zero attached hydrogens (tertiary/aromatic N) is 3. The van der Waals surface area contributed by atoms with Crippen LogP contribution in [0.4, 0.5) is 0 Å². The van der Waals surface area contributed by atoms with Crippen LogP contribution >= 0.6 is 0 Å². The van der Waals surface area contributed by atoms with E-state index in [4.69, 9.17) is 9.84 Å². The number of carboxylic acids is 1. The summed E-state index contributed by atoms with van der Waals surface area (Å²) in [7, 11) is 1.59. The van der Waals surface area contributed by atoms with Crippen molar-refractivity contribution in [1.29, 1.82) is 0 Å². The Morgan fingerprint density at radius 3 is 2.36 bits per heavy atom. The van der Waals surface area contributed by atoms with Crippen LogP contribution in [0.25, 0.3) is 0 Å². The zero-order valence-electron chi connectivity index (χ0n) is 14.3. The Bertz CT molecular complexity index is 774. The summed E-state index contributed by atoms with van der Waals surface area (Å²) in [5, 5.41) is 13.4. The predicted octanol–water partition coefficient (Wildman–Crippen LogP) is 2.38. The molecule has 1 aliphatic rings. The Labute approximate surface area is 145 Å². The summed E-state index contributed by atoms with van der Waals surface area (Å²) in [5.74, 6) is -0.237. The minimum absolute atomic E-state index is 0.00418. The number of benzene rings is 1. The fourth-order valence-corrected chi connectivity index (χ4v) is 3.23. The highest BCUT2D eigenvalue weighted by molar-refractivity contribution is 5.94. The quantitative estimate of drug-likeness (QED) is 0.921. The first-order chi connectivity index (χ1) is 12.0. The van der Waals surface area contributed by atoms with Gasteiger partial charge in [-0.3, -0.25) is 9.48 Å². The topological polar surface area (TPSA) is 84.7 Å². The van der Waals surface area contributed by atoms with Crippen molar-refractivity contribution in [2.24, 2.45) is 0 Å². The molecule has 1 aromatic heterocycles. The smallest absolute Gasteiger partial charge is 0.339 e. The van der Waals surface area contributed by atoms with Crippen molar-refractivity contribution in [1.82, 2.24) is 14.7 Å². The molecule has 3 rings (SSSR count). The predicted molar refractivity (Wildman–Crippen MR) is 91.1 cm³/mol. The third-order valence-electron chi connectivity index (χ3n) is 4.71. The Morgan fingerprint density at radius 2 is 1.84 bits per heavy atom. The van der Waals surface area contributed by atoms with Crippen molar-refractivity contribution < 1.29 is 19.4 Å². The molecule has 7 heteroatoms. The fraction of sp³-hybridized carbons (Fsp3) is 0.389. The van der Waals surface area contributed by atoms with Gasteiger partial charge in [0.1, 0.15) is 11.3 Å². The summed E-state index contributed by atoms with van der Waals surface area (Å²) in [6, 6.07) is 7.21. The number of hydrogen-bond donors (Lipinski definition) is 1. The lowest BCUT2D eigenvalue weighted by atomic mass is 10.0. The summed E-state index contributed by atoms with van der Waals surface area (Å²) in [5.41, 5.74) is 1.53. The molecule has 1 aliphatic heterocycles. The summed E-state index contributed by atoms with van der Waals surface area (Å²) in [6.45, 7) is 3.01. The lowest BCUT2D eigenvalue weighted by Gasteiger charge is -2.32. The van der Waals surface area contributed by atoms with Gasteiger partial charge in [0.15, 0.2) is 0 Å². The van der Waals surface area contributed by atoms with E-state index < -0.39 is 5.97 Å². The number of likely N-dealkylation sites (tertiary alicyclic amines) is 1. The highest BCUT2D eigenvalue weighted by atomic mass is 16.5. The largest absolute Gasteiger partial charge is 0.497 e. The van der Waals surface area contributed by atoms with Crippen molar-refractivity contribution >= 4 is 11.9 Å². The van der Waals surface area contributed by atoms with Gasteiger partial charge in [-0.1, -0.05) is 0 Å². The number of carboxylic acid groups (broad SMARTS) is 1. The Hall–Kier alpha value is -2.83. The second kappa shape index (κ2) is 6.96. The van der Waals surface area contributed by atoms with Gasteiger partial charge in [-0.05, 0) is 44.0 Å². The number of aromatic nitrogens is 2. The number of carbonyl (C=O) groups excluding carboxylic acids is 1. The molecule has 0 bridgehead atoms. The molecule has 1 amide bonds. The standard InChI is InChI=1S/C18H21N3O4/c1-12-16(18(23)24)11-19-21(12)14-7-9-20(10-8-14)17(22)13-3-5-15(25-2)6-4-13/h3-6,11,14H,7-10H2,1-2H3,(H,23,24). The first-order valence-corrected chi connectivity index (χ1v) is 8.22. The Kier molecular flexibility index (Phi) is 4.74. The maximum atomic E-state index is 12.6. The Morgan fingerprint density at radius 1 is 1.20 bits per heavy atom. The second-order valence-corrected chi connectivity index (χ2v) is 6.15.